The van der Waals surface area contributed by atoms with E-state index in [-0.39, 0.29) is 16.0 Å². The van der Waals surface area contributed by atoms with Crippen LogP contribution in [0.5, 0.6) is 0 Å². The number of nitrogens with two attached hydrogens (primary N) is 1. The minimum absolute atomic E-state index is 0.121. The summed E-state index contributed by atoms with van der Waals surface area (Å²) in [7, 11) is 0. The number of hydrogen-bond acceptors (Lipinski definition) is 3. The molecule has 2 N–H and O–H groups in total. The van der Waals surface area contributed by atoms with Crippen molar-refractivity contribution < 1.29 is 4.79 Å². The number of imidazole rings is 1. The van der Waals surface area contributed by atoms with Gasteiger partial charge >= 0.3 is 0 Å². The molecule has 7 heteroatoms. The largest absolute Gasteiger partial charge is 0.397 e. The molecule has 2 heterocycles. The Hall–Kier alpha value is -1.72. The van der Waals surface area contributed by atoms with Gasteiger partial charge < -0.3 is 15.2 Å². The lowest BCUT2D eigenvalue weighted by Crippen LogP contribution is -2.38. The summed E-state index contributed by atoms with van der Waals surface area (Å²) in [6.45, 7) is 1.84. The molecular weight excluding hydrogens is 299 g/mol. The summed E-state index contributed by atoms with van der Waals surface area (Å²) in [4.78, 5) is 18.4. The van der Waals surface area contributed by atoms with E-state index in [4.69, 9.17) is 28.9 Å². The van der Waals surface area contributed by atoms with Crippen LogP contribution in [-0.4, -0.2) is 26.9 Å². The molecule has 104 valence electrons. The molecule has 0 radical (unpaired) electrons. The molecule has 5 nitrogen and oxygen atoms in total. The molecule has 0 bridgehead atoms. The van der Waals surface area contributed by atoms with Crippen molar-refractivity contribution in [3.05, 3.63) is 46.0 Å². The summed E-state index contributed by atoms with van der Waals surface area (Å²) in [5.74, 6) is 0.752. The van der Waals surface area contributed by atoms with Crippen LogP contribution < -0.4 is 5.73 Å². The van der Waals surface area contributed by atoms with E-state index in [9.17, 15) is 4.79 Å². The molecule has 1 aromatic heterocycles. The molecular formula is C13H12Cl2N4O. The number of carbonyl (C=O) groups is 1. The first kappa shape index (κ1) is 13.3. The molecule has 0 atom stereocenters. The number of fused-ring (bicyclic) bond motifs is 1. The minimum atomic E-state index is -0.121. The molecule has 1 aromatic carbocycles. The highest BCUT2D eigenvalue weighted by Gasteiger charge is 2.23. The third kappa shape index (κ3) is 2.23. The minimum Gasteiger partial charge on any atom is -0.397 e. The number of nitrogen functional groups attached to an aromatic ring is 1. The zero-order chi connectivity index (χ0) is 14.3. The number of halogens is 2. The van der Waals surface area contributed by atoms with Crippen LogP contribution in [0, 0.1) is 0 Å². The molecule has 1 aliphatic rings. The Kier molecular flexibility index (Phi) is 3.31. The molecule has 20 heavy (non-hydrogen) atoms. The van der Waals surface area contributed by atoms with Gasteiger partial charge in [-0.25, -0.2) is 4.98 Å². The van der Waals surface area contributed by atoms with Gasteiger partial charge in [0, 0.05) is 31.0 Å². The lowest BCUT2D eigenvalue weighted by molar-refractivity contribution is 0.0707. The van der Waals surface area contributed by atoms with E-state index in [1.54, 1.807) is 23.2 Å². The fourth-order valence-electron chi connectivity index (χ4n) is 2.26. The third-order valence-electron chi connectivity index (χ3n) is 3.34. The summed E-state index contributed by atoms with van der Waals surface area (Å²) >= 11 is 11.9. The van der Waals surface area contributed by atoms with E-state index in [1.165, 1.54) is 0 Å². The lowest BCUT2D eigenvalue weighted by atomic mass is 10.1. The average Bonchev–Trinajstić information content (AvgIpc) is 2.90. The van der Waals surface area contributed by atoms with Crippen molar-refractivity contribution >= 4 is 34.8 Å². The van der Waals surface area contributed by atoms with Gasteiger partial charge in [-0.3, -0.25) is 4.79 Å². The molecule has 1 aliphatic heterocycles. The zero-order valence-electron chi connectivity index (χ0n) is 10.5. The van der Waals surface area contributed by atoms with Crippen LogP contribution in [0.2, 0.25) is 10.0 Å². The van der Waals surface area contributed by atoms with Crippen molar-refractivity contribution in [3.63, 3.8) is 0 Å². The van der Waals surface area contributed by atoms with Gasteiger partial charge in [0.25, 0.3) is 5.91 Å². The summed E-state index contributed by atoms with van der Waals surface area (Å²) < 4.78 is 2.03. The fraction of sp³-hybridized carbons (Fsp3) is 0.231. The Bertz CT molecular complexity index is 660. The van der Waals surface area contributed by atoms with Crippen molar-refractivity contribution in [2.75, 3.05) is 12.3 Å². The van der Waals surface area contributed by atoms with Crippen molar-refractivity contribution in [2.24, 2.45) is 0 Å². The lowest BCUT2D eigenvalue weighted by Gasteiger charge is -2.28. The van der Waals surface area contributed by atoms with E-state index in [2.05, 4.69) is 4.98 Å². The van der Waals surface area contributed by atoms with Crippen molar-refractivity contribution in [3.8, 4) is 0 Å². The highest BCUT2D eigenvalue weighted by atomic mass is 35.5. The van der Waals surface area contributed by atoms with Crippen LogP contribution in [0.1, 0.15) is 16.2 Å². The number of benzene rings is 1. The number of anilines is 1. The summed E-state index contributed by atoms with van der Waals surface area (Å²) in [5.41, 5.74) is 6.49. The molecule has 1 amide bonds. The van der Waals surface area contributed by atoms with Gasteiger partial charge in [0.2, 0.25) is 0 Å². The predicted octanol–water partition coefficient (Wildman–Crippen LogP) is 2.43. The summed E-state index contributed by atoms with van der Waals surface area (Å²) in [6, 6.07) is 3.10. The first-order chi connectivity index (χ1) is 9.56. The number of amides is 1. The normalized spacial score (nSPS) is 14.2. The van der Waals surface area contributed by atoms with E-state index < -0.39 is 0 Å². The van der Waals surface area contributed by atoms with Crippen LogP contribution in [0.25, 0.3) is 0 Å². The van der Waals surface area contributed by atoms with Gasteiger partial charge in [-0.1, -0.05) is 23.2 Å². The van der Waals surface area contributed by atoms with Gasteiger partial charge in [-0.2, -0.15) is 0 Å². The maximum Gasteiger partial charge on any atom is 0.254 e. The van der Waals surface area contributed by atoms with Crippen molar-refractivity contribution in [1.82, 2.24) is 14.5 Å². The summed E-state index contributed by atoms with van der Waals surface area (Å²) in [6.07, 6.45) is 3.65. The highest BCUT2D eigenvalue weighted by molar-refractivity contribution is 6.43. The Morgan fingerprint density at radius 3 is 2.85 bits per heavy atom. The fourth-order valence-corrected chi connectivity index (χ4v) is 2.60. The van der Waals surface area contributed by atoms with Crippen molar-refractivity contribution in [2.45, 2.75) is 13.1 Å². The molecule has 0 fully saturated rings. The standard InChI is InChI=1S/C13H12Cl2N4O/c14-9-5-8(6-10(16)12(9)15)13(20)19-4-3-18-2-1-17-11(18)7-19/h1-2,5-6H,3-4,7,16H2. The average molecular weight is 311 g/mol. The topological polar surface area (TPSA) is 64.2 Å². The Labute approximate surface area is 125 Å². The number of hydrogen-bond donors (Lipinski definition) is 1. The maximum absolute atomic E-state index is 12.5. The van der Waals surface area contributed by atoms with Crippen LogP contribution in [0.15, 0.2) is 24.5 Å². The van der Waals surface area contributed by atoms with Gasteiger partial charge in [-0.15, -0.1) is 0 Å². The predicted molar refractivity (Wildman–Crippen MR) is 77.8 cm³/mol. The number of rotatable bonds is 1. The van der Waals surface area contributed by atoms with Crippen LogP contribution in [-0.2, 0) is 13.1 Å². The Balaban J connectivity index is 1.87. The molecule has 0 unspecified atom stereocenters. The van der Waals surface area contributed by atoms with Gasteiger partial charge in [0.15, 0.2) is 0 Å². The first-order valence-electron chi connectivity index (χ1n) is 6.10. The SMILES string of the molecule is Nc1cc(C(=O)N2CCn3ccnc3C2)cc(Cl)c1Cl. The Morgan fingerprint density at radius 2 is 2.10 bits per heavy atom. The van der Waals surface area contributed by atoms with Gasteiger partial charge in [0.1, 0.15) is 5.82 Å². The summed E-state index contributed by atoms with van der Waals surface area (Å²) in [5, 5.41) is 0.561. The Morgan fingerprint density at radius 1 is 1.30 bits per heavy atom. The molecule has 0 spiro atoms. The second kappa shape index (κ2) is 5.00. The molecule has 0 saturated heterocycles. The highest BCUT2D eigenvalue weighted by Crippen LogP contribution is 2.30. The van der Waals surface area contributed by atoms with Gasteiger partial charge in [0.05, 0.1) is 22.3 Å². The number of carbonyl (C=O) groups excluding carboxylic acids is 1. The first-order valence-corrected chi connectivity index (χ1v) is 6.85. The smallest absolute Gasteiger partial charge is 0.254 e. The monoisotopic (exact) mass is 310 g/mol. The van der Waals surface area contributed by atoms with Gasteiger partial charge in [-0.05, 0) is 12.1 Å². The van der Waals surface area contributed by atoms with E-state index >= 15 is 0 Å². The van der Waals surface area contributed by atoms with Crippen LogP contribution in [0.4, 0.5) is 5.69 Å². The quantitative estimate of drug-likeness (QED) is 0.823. The molecule has 2 aromatic rings. The molecule has 3 rings (SSSR count). The second-order valence-electron chi connectivity index (χ2n) is 4.62. The zero-order valence-corrected chi connectivity index (χ0v) is 12.0. The second-order valence-corrected chi connectivity index (χ2v) is 5.41. The van der Waals surface area contributed by atoms with E-state index in [0.29, 0.717) is 24.3 Å². The molecule has 0 saturated carbocycles. The van der Waals surface area contributed by atoms with Crippen LogP contribution >= 0.6 is 23.2 Å². The molecule has 0 aliphatic carbocycles. The number of nitrogens with zero attached hydrogens (tertiary/aromatic N) is 3. The number of aromatic nitrogens is 2. The van der Waals surface area contributed by atoms with Crippen LogP contribution in [0.3, 0.4) is 0 Å². The third-order valence-corrected chi connectivity index (χ3v) is 4.15. The van der Waals surface area contributed by atoms with E-state index in [0.717, 1.165) is 12.4 Å². The van der Waals surface area contributed by atoms with E-state index in [1.807, 2.05) is 10.8 Å². The maximum atomic E-state index is 12.5. The van der Waals surface area contributed by atoms with Crippen molar-refractivity contribution in [1.29, 1.82) is 0 Å².